The zero-order valence-corrected chi connectivity index (χ0v) is 10.1. The second-order valence-corrected chi connectivity index (χ2v) is 4.81. The molecule has 16 heavy (non-hydrogen) atoms. The highest BCUT2D eigenvalue weighted by molar-refractivity contribution is 7.17. The molecule has 2 rings (SSSR count). The van der Waals surface area contributed by atoms with Crippen molar-refractivity contribution in [3.63, 3.8) is 0 Å². The number of rotatable bonds is 4. The highest BCUT2D eigenvalue weighted by Crippen LogP contribution is 2.19. The molecule has 2 aromatic rings. The molecule has 0 aliphatic rings. The molecule has 5 nitrogen and oxygen atoms in total. The standard InChI is InChI=1S/C9H9N3O2S2/c1-14-8(13)6-4-11-9(16-6)12-5-7-10-2-3-15-7/h2-4H,5H2,1H3,(H,11,12). The Hall–Kier alpha value is -1.47. The molecule has 0 radical (unpaired) electrons. The molecule has 0 atom stereocenters. The van der Waals surface area contributed by atoms with E-state index in [1.807, 2.05) is 5.38 Å². The van der Waals surface area contributed by atoms with E-state index in [0.717, 1.165) is 5.01 Å². The van der Waals surface area contributed by atoms with Gasteiger partial charge in [-0.15, -0.1) is 11.3 Å². The van der Waals surface area contributed by atoms with Gasteiger partial charge in [-0.25, -0.2) is 14.8 Å². The maximum atomic E-state index is 11.2. The summed E-state index contributed by atoms with van der Waals surface area (Å²) in [5.41, 5.74) is 0. The zero-order chi connectivity index (χ0) is 11.4. The number of anilines is 1. The Labute approximate surface area is 100 Å². The first kappa shape index (κ1) is 11.0. The fraction of sp³-hybridized carbons (Fsp3) is 0.222. The molecule has 0 bridgehead atoms. The summed E-state index contributed by atoms with van der Waals surface area (Å²) in [7, 11) is 1.35. The topological polar surface area (TPSA) is 64.1 Å². The van der Waals surface area contributed by atoms with Gasteiger partial charge in [-0.1, -0.05) is 11.3 Å². The van der Waals surface area contributed by atoms with Crippen molar-refractivity contribution in [2.75, 3.05) is 12.4 Å². The lowest BCUT2D eigenvalue weighted by molar-refractivity contribution is 0.0606. The number of carbonyl (C=O) groups excluding carboxylic acids is 1. The molecule has 0 saturated heterocycles. The highest BCUT2D eigenvalue weighted by atomic mass is 32.1. The lowest BCUT2D eigenvalue weighted by Gasteiger charge is -1.97. The summed E-state index contributed by atoms with van der Waals surface area (Å²) in [6.07, 6.45) is 3.25. The first-order valence-electron chi connectivity index (χ1n) is 4.46. The van der Waals surface area contributed by atoms with Crippen molar-refractivity contribution in [2.45, 2.75) is 6.54 Å². The van der Waals surface area contributed by atoms with Crippen LogP contribution in [0.25, 0.3) is 0 Å². The molecule has 0 aliphatic carbocycles. The molecule has 0 aromatic carbocycles. The summed E-state index contributed by atoms with van der Waals surface area (Å²) in [4.78, 5) is 19.9. The lowest BCUT2D eigenvalue weighted by atomic mass is 10.6. The Morgan fingerprint density at radius 3 is 3.12 bits per heavy atom. The lowest BCUT2D eigenvalue weighted by Crippen LogP contribution is -1.98. The number of nitrogens with zero attached hydrogens (tertiary/aromatic N) is 2. The summed E-state index contributed by atoms with van der Waals surface area (Å²) >= 11 is 2.84. The van der Waals surface area contributed by atoms with E-state index < -0.39 is 0 Å². The van der Waals surface area contributed by atoms with E-state index >= 15 is 0 Å². The molecular weight excluding hydrogens is 246 g/mol. The van der Waals surface area contributed by atoms with Crippen LogP contribution >= 0.6 is 22.7 Å². The summed E-state index contributed by atoms with van der Waals surface area (Å²) < 4.78 is 4.59. The third-order valence-corrected chi connectivity index (χ3v) is 3.48. The number of methoxy groups -OCH3 is 1. The van der Waals surface area contributed by atoms with Crippen LogP contribution in [0, 0.1) is 0 Å². The van der Waals surface area contributed by atoms with Gasteiger partial charge in [0.1, 0.15) is 9.88 Å². The quantitative estimate of drug-likeness (QED) is 0.846. The molecule has 0 unspecified atom stereocenters. The molecule has 2 aromatic heterocycles. The van der Waals surface area contributed by atoms with Crippen LogP contribution in [0.2, 0.25) is 0 Å². The first-order valence-corrected chi connectivity index (χ1v) is 6.15. The molecule has 1 N–H and O–H groups in total. The average Bonchev–Trinajstić information content (AvgIpc) is 2.96. The van der Waals surface area contributed by atoms with Crippen LogP contribution in [0.4, 0.5) is 5.13 Å². The molecule has 0 aliphatic heterocycles. The Balaban J connectivity index is 1.95. The normalized spacial score (nSPS) is 10.1. The largest absolute Gasteiger partial charge is 0.465 e. The molecular formula is C9H9N3O2S2. The number of hydrogen-bond donors (Lipinski definition) is 1. The second kappa shape index (κ2) is 5.04. The van der Waals surface area contributed by atoms with E-state index in [1.165, 1.54) is 24.6 Å². The third-order valence-electron chi connectivity index (χ3n) is 1.77. The van der Waals surface area contributed by atoms with Crippen LogP contribution in [0.5, 0.6) is 0 Å². The van der Waals surface area contributed by atoms with Gasteiger partial charge in [0.15, 0.2) is 5.13 Å². The van der Waals surface area contributed by atoms with E-state index in [-0.39, 0.29) is 5.97 Å². The van der Waals surface area contributed by atoms with Crippen LogP contribution < -0.4 is 5.32 Å². The van der Waals surface area contributed by atoms with Gasteiger partial charge in [0.25, 0.3) is 0 Å². The Morgan fingerprint density at radius 2 is 2.44 bits per heavy atom. The highest BCUT2D eigenvalue weighted by Gasteiger charge is 2.10. The number of ether oxygens (including phenoxy) is 1. The van der Waals surface area contributed by atoms with Crippen LogP contribution in [0.1, 0.15) is 14.7 Å². The van der Waals surface area contributed by atoms with E-state index in [4.69, 9.17) is 0 Å². The zero-order valence-electron chi connectivity index (χ0n) is 8.47. The third kappa shape index (κ3) is 2.56. The van der Waals surface area contributed by atoms with E-state index in [0.29, 0.717) is 16.6 Å². The number of esters is 1. The van der Waals surface area contributed by atoms with Gasteiger partial charge in [-0.2, -0.15) is 0 Å². The van der Waals surface area contributed by atoms with Gasteiger partial charge < -0.3 is 10.1 Å². The average molecular weight is 255 g/mol. The van der Waals surface area contributed by atoms with Gasteiger partial charge in [0.05, 0.1) is 19.9 Å². The molecule has 0 amide bonds. The van der Waals surface area contributed by atoms with Gasteiger partial charge >= 0.3 is 5.97 Å². The number of hydrogen-bond acceptors (Lipinski definition) is 7. The van der Waals surface area contributed by atoms with Crippen LogP contribution in [0.3, 0.4) is 0 Å². The van der Waals surface area contributed by atoms with Crippen molar-refractivity contribution in [3.8, 4) is 0 Å². The Kier molecular flexibility index (Phi) is 3.47. The summed E-state index contributed by atoms with van der Waals surface area (Å²) in [6, 6.07) is 0. The molecule has 0 saturated carbocycles. The van der Waals surface area contributed by atoms with E-state index in [9.17, 15) is 4.79 Å². The van der Waals surface area contributed by atoms with Crippen LogP contribution in [0.15, 0.2) is 17.8 Å². The van der Waals surface area contributed by atoms with Crippen molar-refractivity contribution in [2.24, 2.45) is 0 Å². The van der Waals surface area contributed by atoms with Gasteiger partial charge in [0.2, 0.25) is 0 Å². The predicted molar refractivity (Wildman–Crippen MR) is 62.9 cm³/mol. The van der Waals surface area contributed by atoms with E-state index in [2.05, 4.69) is 20.0 Å². The smallest absolute Gasteiger partial charge is 0.349 e. The van der Waals surface area contributed by atoms with Crippen molar-refractivity contribution in [3.05, 3.63) is 27.7 Å². The summed E-state index contributed by atoms with van der Waals surface area (Å²) in [6.45, 7) is 0.617. The van der Waals surface area contributed by atoms with Gasteiger partial charge in [-0.3, -0.25) is 0 Å². The first-order chi connectivity index (χ1) is 7.79. The van der Waals surface area contributed by atoms with Crippen LogP contribution in [-0.4, -0.2) is 23.0 Å². The van der Waals surface area contributed by atoms with Crippen molar-refractivity contribution < 1.29 is 9.53 Å². The minimum absolute atomic E-state index is 0.361. The van der Waals surface area contributed by atoms with Crippen molar-refractivity contribution >= 4 is 33.8 Å². The number of aromatic nitrogens is 2. The predicted octanol–water partition coefficient (Wildman–Crippen LogP) is 2.00. The van der Waals surface area contributed by atoms with Gasteiger partial charge in [0, 0.05) is 11.6 Å². The molecule has 0 fully saturated rings. The van der Waals surface area contributed by atoms with Crippen LogP contribution in [-0.2, 0) is 11.3 Å². The second-order valence-electron chi connectivity index (χ2n) is 2.80. The molecule has 2 heterocycles. The maximum Gasteiger partial charge on any atom is 0.349 e. The van der Waals surface area contributed by atoms with Crippen molar-refractivity contribution in [1.82, 2.24) is 9.97 Å². The SMILES string of the molecule is COC(=O)c1cnc(NCc2nccs2)s1. The Morgan fingerprint density at radius 1 is 1.56 bits per heavy atom. The minimum atomic E-state index is -0.361. The minimum Gasteiger partial charge on any atom is -0.465 e. The number of nitrogens with one attached hydrogen (secondary N) is 1. The fourth-order valence-corrected chi connectivity index (χ4v) is 2.33. The molecule has 7 heteroatoms. The van der Waals surface area contributed by atoms with E-state index in [1.54, 1.807) is 17.5 Å². The maximum absolute atomic E-state index is 11.2. The van der Waals surface area contributed by atoms with Crippen molar-refractivity contribution in [1.29, 1.82) is 0 Å². The Bertz CT molecular complexity index is 467. The fourth-order valence-electron chi connectivity index (χ4n) is 1.04. The molecule has 0 spiro atoms. The number of thiazole rings is 2. The summed E-state index contributed by atoms with van der Waals surface area (Å²) in [5, 5.41) is 6.68. The number of carbonyl (C=O) groups is 1. The van der Waals surface area contributed by atoms with Gasteiger partial charge in [-0.05, 0) is 0 Å². The monoisotopic (exact) mass is 255 g/mol. The molecule has 84 valence electrons. The summed E-state index contributed by atoms with van der Waals surface area (Å²) in [5.74, 6) is -0.361.